The second-order valence-corrected chi connectivity index (χ2v) is 5.02. The molecule has 2 aromatic carbocycles. The third-order valence-electron chi connectivity index (χ3n) is 3.57. The van der Waals surface area contributed by atoms with Crippen LogP contribution in [0.25, 0.3) is 0 Å². The molecule has 21 heavy (non-hydrogen) atoms. The average molecular weight is 283 g/mol. The Kier molecular flexibility index (Phi) is 3.77. The molecule has 1 aliphatic rings. The summed E-state index contributed by atoms with van der Waals surface area (Å²) in [6.07, 6.45) is 0.674. The summed E-state index contributed by atoms with van der Waals surface area (Å²) in [6, 6.07) is 15.2. The van der Waals surface area contributed by atoms with Gasteiger partial charge >= 0.3 is 5.97 Å². The number of nitrogens with one attached hydrogen (secondary N) is 1. The molecule has 1 N–H and O–H groups in total. The van der Waals surface area contributed by atoms with Crippen molar-refractivity contribution < 1.29 is 14.3 Å². The molecule has 0 aromatic heterocycles. The summed E-state index contributed by atoms with van der Waals surface area (Å²) in [7, 11) is 1.62. The smallest absolute Gasteiger partial charge is 0.329 e. The van der Waals surface area contributed by atoms with Crippen molar-refractivity contribution in [3.8, 4) is 5.75 Å². The minimum atomic E-state index is -0.298. The van der Waals surface area contributed by atoms with Gasteiger partial charge in [0.05, 0.1) is 7.11 Å². The van der Waals surface area contributed by atoms with Gasteiger partial charge < -0.3 is 14.8 Å². The van der Waals surface area contributed by atoms with Gasteiger partial charge in [-0.1, -0.05) is 30.3 Å². The first-order chi connectivity index (χ1) is 10.3. The predicted octanol–water partition coefficient (Wildman–Crippen LogP) is 2.78. The molecule has 0 saturated carbocycles. The van der Waals surface area contributed by atoms with Gasteiger partial charge in [-0.15, -0.1) is 0 Å². The highest BCUT2D eigenvalue weighted by Gasteiger charge is 2.27. The number of methoxy groups -OCH3 is 1. The molecule has 3 rings (SSSR count). The quantitative estimate of drug-likeness (QED) is 0.877. The Balaban J connectivity index is 1.58. The zero-order valence-corrected chi connectivity index (χ0v) is 11.8. The third kappa shape index (κ3) is 2.99. The van der Waals surface area contributed by atoms with Crippen molar-refractivity contribution >= 4 is 11.7 Å². The van der Waals surface area contributed by atoms with Crippen molar-refractivity contribution in [1.29, 1.82) is 0 Å². The fourth-order valence-electron chi connectivity index (χ4n) is 2.46. The minimum absolute atomic E-state index is 0.228. The Hall–Kier alpha value is -2.49. The number of para-hydroxylation sites is 1. The lowest BCUT2D eigenvalue weighted by Crippen LogP contribution is -2.28. The second-order valence-electron chi connectivity index (χ2n) is 5.02. The lowest BCUT2D eigenvalue weighted by molar-refractivity contribution is -0.145. The maximum atomic E-state index is 12.1. The molecule has 1 heterocycles. The summed E-state index contributed by atoms with van der Waals surface area (Å²) in [5.41, 5.74) is 3.08. The monoisotopic (exact) mass is 283 g/mol. The number of hydrogen-bond acceptors (Lipinski definition) is 4. The van der Waals surface area contributed by atoms with Crippen LogP contribution in [0.3, 0.4) is 0 Å². The van der Waals surface area contributed by atoms with Gasteiger partial charge in [0.15, 0.2) is 0 Å². The van der Waals surface area contributed by atoms with E-state index in [1.807, 2.05) is 48.5 Å². The number of rotatable bonds is 4. The van der Waals surface area contributed by atoms with E-state index in [1.54, 1.807) is 7.11 Å². The number of benzene rings is 2. The molecule has 1 aliphatic heterocycles. The number of carbonyl (C=O) groups excluding carboxylic acids is 1. The van der Waals surface area contributed by atoms with E-state index in [4.69, 9.17) is 9.47 Å². The summed E-state index contributed by atoms with van der Waals surface area (Å²) >= 11 is 0. The molecule has 0 fully saturated rings. The Morgan fingerprint density at radius 3 is 2.90 bits per heavy atom. The SMILES string of the molecule is COc1cccc(COC(=O)C2Cc3ccccc3N2)c1. The van der Waals surface area contributed by atoms with E-state index in [9.17, 15) is 4.79 Å². The minimum Gasteiger partial charge on any atom is -0.497 e. The number of fused-ring (bicyclic) bond motifs is 1. The van der Waals surface area contributed by atoms with Crippen LogP contribution in [-0.4, -0.2) is 19.1 Å². The van der Waals surface area contributed by atoms with Gasteiger partial charge in [-0.2, -0.15) is 0 Å². The number of hydrogen-bond donors (Lipinski definition) is 1. The molecule has 0 aliphatic carbocycles. The predicted molar refractivity (Wildman–Crippen MR) is 80.3 cm³/mol. The summed E-state index contributed by atoms with van der Waals surface area (Å²) in [5, 5.41) is 3.19. The van der Waals surface area contributed by atoms with Crippen LogP contribution >= 0.6 is 0 Å². The molecule has 108 valence electrons. The first-order valence-corrected chi connectivity index (χ1v) is 6.90. The topological polar surface area (TPSA) is 47.6 Å². The van der Waals surface area contributed by atoms with Crippen LogP contribution < -0.4 is 10.1 Å². The fourth-order valence-corrected chi connectivity index (χ4v) is 2.46. The van der Waals surface area contributed by atoms with E-state index in [0.717, 1.165) is 22.6 Å². The molecule has 4 nitrogen and oxygen atoms in total. The van der Waals surface area contributed by atoms with Gasteiger partial charge in [-0.05, 0) is 29.3 Å². The zero-order valence-electron chi connectivity index (χ0n) is 11.8. The standard InChI is InChI=1S/C17H17NO3/c1-20-14-7-4-5-12(9-14)11-21-17(19)16-10-13-6-2-3-8-15(13)18-16/h2-9,16,18H,10-11H2,1H3. The molecule has 0 amide bonds. The van der Waals surface area contributed by atoms with Crippen molar-refractivity contribution in [3.05, 3.63) is 59.7 Å². The summed E-state index contributed by atoms with van der Waals surface area (Å²) in [5.74, 6) is 0.531. The Bertz CT molecular complexity index is 629. The van der Waals surface area contributed by atoms with Gasteiger partial charge in [0.25, 0.3) is 0 Å². The molecule has 0 saturated heterocycles. The summed E-state index contributed by atoms with van der Waals surface area (Å²) in [4.78, 5) is 12.1. The van der Waals surface area contributed by atoms with Gasteiger partial charge in [-0.25, -0.2) is 4.79 Å². The van der Waals surface area contributed by atoms with E-state index >= 15 is 0 Å². The molecular formula is C17H17NO3. The van der Waals surface area contributed by atoms with Crippen LogP contribution in [0, 0.1) is 0 Å². The average Bonchev–Trinajstić information content (AvgIpc) is 2.97. The highest BCUT2D eigenvalue weighted by Crippen LogP contribution is 2.25. The van der Waals surface area contributed by atoms with E-state index in [1.165, 1.54) is 0 Å². The maximum absolute atomic E-state index is 12.1. The number of ether oxygens (including phenoxy) is 2. The molecule has 0 bridgehead atoms. The van der Waals surface area contributed by atoms with Crippen LogP contribution in [0.5, 0.6) is 5.75 Å². The Labute approximate surface area is 123 Å². The highest BCUT2D eigenvalue weighted by atomic mass is 16.5. The highest BCUT2D eigenvalue weighted by molar-refractivity contribution is 5.82. The maximum Gasteiger partial charge on any atom is 0.329 e. The number of anilines is 1. The number of esters is 1. The van der Waals surface area contributed by atoms with Crippen LogP contribution in [-0.2, 0) is 22.6 Å². The van der Waals surface area contributed by atoms with E-state index in [-0.39, 0.29) is 18.6 Å². The van der Waals surface area contributed by atoms with Gasteiger partial charge in [0.2, 0.25) is 0 Å². The second kappa shape index (κ2) is 5.87. The molecule has 1 atom stereocenters. The molecule has 2 aromatic rings. The van der Waals surface area contributed by atoms with Gasteiger partial charge in [-0.3, -0.25) is 0 Å². The Morgan fingerprint density at radius 1 is 1.24 bits per heavy atom. The van der Waals surface area contributed by atoms with E-state index in [2.05, 4.69) is 5.32 Å². The van der Waals surface area contributed by atoms with Crippen molar-refractivity contribution in [1.82, 2.24) is 0 Å². The van der Waals surface area contributed by atoms with Crippen molar-refractivity contribution in [3.63, 3.8) is 0 Å². The van der Waals surface area contributed by atoms with Gasteiger partial charge in [0, 0.05) is 12.1 Å². The van der Waals surface area contributed by atoms with Gasteiger partial charge in [0.1, 0.15) is 18.4 Å². The first kappa shape index (κ1) is 13.5. The molecule has 0 radical (unpaired) electrons. The number of carbonyl (C=O) groups is 1. The fraction of sp³-hybridized carbons (Fsp3) is 0.235. The van der Waals surface area contributed by atoms with Crippen molar-refractivity contribution in [2.24, 2.45) is 0 Å². The van der Waals surface area contributed by atoms with E-state index < -0.39 is 0 Å². The van der Waals surface area contributed by atoms with Crippen molar-refractivity contribution in [2.75, 3.05) is 12.4 Å². The molecule has 1 unspecified atom stereocenters. The first-order valence-electron chi connectivity index (χ1n) is 6.90. The lowest BCUT2D eigenvalue weighted by atomic mass is 10.1. The van der Waals surface area contributed by atoms with Crippen molar-refractivity contribution in [2.45, 2.75) is 19.1 Å². The summed E-state index contributed by atoms with van der Waals surface area (Å²) in [6.45, 7) is 0.255. The largest absolute Gasteiger partial charge is 0.497 e. The lowest BCUT2D eigenvalue weighted by Gasteiger charge is -2.11. The zero-order chi connectivity index (χ0) is 14.7. The van der Waals surface area contributed by atoms with E-state index in [0.29, 0.717) is 6.42 Å². The molecule has 4 heteroatoms. The third-order valence-corrected chi connectivity index (χ3v) is 3.57. The van der Waals surface area contributed by atoms with Crippen LogP contribution in [0.1, 0.15) is 11.1 Å². The van der Waals surface area contributed by atoms with Crippen LogP contribution in [0.15, 0.2) is 48.5 Å². The Morgan fingerprint density at radius 2 is 2.10 bits per heavy atom. The molecule has 0 spiro atoms. The van der Waals surface area contributed by atoms with Crippen LogP contribution in [0.4, 0.5) is 5.69 Å². The molecular weight excluding hydrogens is 266 g/mol. The van der Waals surface area contributed by atoms with Crippen LogP contribution in [0.2, 0.25) is 0 Å². The summed E-state index contributed by atoms with van der Waals surface area (Å²) < 4.78 is 10.5. The normalized spacial score (nSPS) is 16.0.